The fourth-order valence-electron chi connectivity index (χ4n) is 2.90. The third-order valence-electron chi connectivity index (χ3n) is 4.10. The van der Waals surface area contributed by atoms with Crippen LogP contribution in [-0.4, -0.2) is 18.2 Å². The molecule has 0 atom stereocenters. The van der Waals surface area contributed by atoms with Crippen LogP contribution < -0.4 is 9.47 Å². The number of ether oxygens (including phenoxy) is 2. The SMILES string of the molecule is COc1cc(CC(=O)O)cc(Oc2cccc(-c3ccc(F)cc3C)c2)c1. The summed E-state index contributed by atoms with van der Waals surface area (Å²) in [5, 5.41) is 9.01. The second-order valence-corrected chi connectivity index (χ2v) is 6.18. The summed E-state index contributed by atoms with van der Waals surface area (Å²) in [6, 6.07) is 17.1. The lowest BCUT2D eigenvalue weighted by molar-refractivity contribution is -0.136. The summed E-state index contributed by atoms with van der Waals surface area (Å²) in [7, 11) is 1.52. The monoisotopic (exact) mass is 366 g/mol. The molecular formula is C22H19FO4. The van der Waals surface area contributed by atoms with E-state index in [0.717, 1.165) is 16.7 Å². The van der Waals surface area contributed by atoms with Gasteiger partial charge in [0, 0.05) is 6.07 Å². The van der Waals surface area contributed by atoms with Crippen LogP contribution in [0, 0.1) is 12.7 Å². The average molecular weight is 366 g/mol. The van der Waals surface area contributed by atoms with E-state index >= 15 is 0 Å². The van der Waals surface area contributed by atoms with Gasteiger partial charge in [0.25, 0.3) is 0 Å². The molecule has 0 amide bonds. The van der Waals surface area contributed by atoms with Gasteiger partial charge in [-0.1, -0.05) is 18.2 Å². The second-order valence-electron chi connectivity index (χ2n) is 6.18. The zero-order chi connectivity index (χ0) is 19.4. The Morgan fingerprint density at radius 3 is 2.48 bits per heavy atom. The molecule has 0 aliphatic heterocycles. The van der Waals surface area contributed by atoms with E-state index in [4.69, 9.17) is 14.6 Å². The van der Waals surface area contributed by atoms with Crippen LogP contribution in [0.3, 0.4) is 0 Å². The van der Waals surface area contributed by atoms with Crippen molar-refractivity contribution in [2.24, 2.45) is 0 Å². The quantitative estimate of drug-likeness (QED) is 0.649. The molecule has 0 saturated heterocycles. The average Bonchev–Trinajstić information content (AvgIpc) is 2.61. The smallest absolute Gasteiger partial charge is 0.307 e. The molecule has 0 fully saturated rings. The van der Waals surface area contributed by atoms with E-state index in [1.165, 1.54) is 19.2 Å². The Morgan fingerprint density at radius 2 is 1.78 bits per heavy atom. The number of benzene rings is 3. The largest absolute Gasteiger partial charge is 0.497 e. The minimum atomic E-state index is -0.928. The predicted octanol–water partition coefficient (Wildman–Crippen LogP) is 5.23. The first-order valence-electron chi connectivity index (χ1n) is 8.39. The van der Waals surface area contributed by atoms with Gasteiger partial charge in [0.2, 0.25) is 0 Å². The third kappa shape index (κ3) is 4.64. The van der Waals surface area contributed by atoms with Crippen molar-refractivity contribution in [1.82, 2.24) is 0 Å². The number of carboxylic acid groups (broad SMARTS) is 1. The first-order valence-corrected chi connectivity index (χ1v) is 8.39. The minimum Gasteiger partial charge on any atom is -0.497 e. The van der Waals surface area contributed by atoms with Gasteiger partial charge in [0.1, 0.15) is 23.1 Å². The van der Waals surface area contributed by atoms with Gasteiger partial charge in [-0.3, -0.25) is 4.79 Å². The number of hydrogen-bond acceptors (Lipinski definition) is 3. The van der Waals surface area contributed by atoms with Gasteiger partial charge in [-0.05, 0) is 65.6 Å². The van der Waals surface area contributed by atoms with Gasteiger partial charge in [0.15, 0.2) is 0 Å². The Kier molecular flexibility index (Phi) is 5.41. The molecule has 0 bridgehead atoms. The molecule has 3 aromatic carbocycles. The van der Waals surface area contributed by atoms with Crippen molar-refractivity contribution < 1.29 is 23.8 Å². The molecule has 5 heteroatoms. The van der Waals surface area contributed by atoms with E-state index in [9.17, 15) is 9.18 Å². The van der Waals surface area contributed by atoms with E-state index in [0.29, 0.717) is 22.8 Å². The van der Waals surface area contributed by atoms with Crippen molar-refractivity contribution in [2.45, 2.75) is 13.3 Å². The molecule has 4 nitrogen and oxygen atoms in total. The maximum Gasteiger partial charge on any atom is 0.307 e. The lowest BCUT2D eigenvalue weighted by Gasteiger charge is -2.12. The summed E-state index contributed by atoms with van der Waals surface area (Å²) < 4.78 is 24.5. The molecule has 0 saturated carbocycles. The summed E-state index contributed by atoms with van der Waals surface area (Å²) in [6.07, 6.45) is -0.123. The minimum absolute atomic E-state index is 0.123. The maximum absolute atomic E-state index is 13.4. The van der Waals surface area contributed by atoms with E-state index in [1.807, 2.05) is 25.1 Å². The van der Waals surface area contributed by atoms with Gasteiger partial charge in [-0.2, -0.15) is 0 Å². The second kappa shape index (κ2) is 7.91. The Bertz CT molecular complexity index is 982. The highest BCUT2D eigenvalue weighted by atomic mass is 19.1. The predicted molar refractivity (Wildman–Crippen MR) is 101 cm³/mol. The highest BCUT2D eigenvalue weighted by Crippen LogP contribution is 2.31. The molecular weight excluding hydrogens is 347 g/mol. The van der Waals surface area contributed by atoms with Crippen molar-refractivity contribution in [3.8, 4) is 28.4 Å². The Balaban J connectivity index is 1.91. The molecule has 0 aliphatic rings. The van der Waals surface area contributed by atoms with Crippen LogP contribution in [0.1, 0.15) is 11.1 Å². The number of aliphatic carboxylic acids is 1. The zero-order valence-electron chi connectivity index (χ0n) is 15.0. The number of methoxy groups -OCH3 is 1. The van der Waals surface area contributed by atoms with Crippen molar-refractivity contribution in [2.75, 3.05) is 7.11 Å². The Labute approximate surface area is 156 Å². The van der Waals surface area contributed by atoms with E-state index < -0.39 is 5.97 Å². The number of carbonyl (C=O) groups is 1. The fraction of sp³-hybridized carbons (Fsp3) is 0.136. The van der Waals surface area contributed by atoms with Crippen molar-refractivity contribution >= 4 is 5.97 Å². The molecule has 138 valence electrons. The molecule has 1 N–H and O–H groups in total. The van der Waals surface area contributed by atoms with Crippen molar-refractivity contribution in [3.63, 3.8) is 0 Å². The Morgan fingerprint density at radius 1 is 1.00 bits per heavy atom. The van der Waals surface area contributed by atoms with Gasteiger partial charge in [0.05, 0.1) is 13.5 Å². The zero-order valence-corrected chi connectivity index (χ0v) is 15.0. The van der Waals surface area contributed by atoms with E-state index in [2.05, 4.69) is 0 Å². The summed E-state index contributed by atoms with van der Waals surface area (Å²) in [5.74, 6) is 0.396. The molecule has 0 unspecified atom stereocenters. The first-order chi connectivity index (χ1) is 12.9. The number of rotatable bonds is 6. The lowest BCUT2D eigenvalue weighted by atomic mass is 10.0. The molecule has 0 radical (unpaired) electrons. The van der Waals surface area contributed by atoms with Crippen LogP contribution in [0.4, 0.5) is 4.39 Å². The van der Waals surface area contributed by atoms with Crippen LogP contribution >= 0.6 is 0 Å². The standard InChI is InChI=1S/C22H19FO4/c1-14-8-17(23)6-7-21(14)16-4-3-5-18(12-16)27-20-10-15(11-22(24)25)9-19(13-20)26-2/h3-10,12-13H,11H2,1-2H3,(H,24,25). The summed E-state index contributed by atoms with van der Waals surface area (Å²) in [6.45, 7) is 1.85. The van der Waals surface area contributed by atoms with Gasteiger partial charge in [-0.25, -0.2) is 4.39 Å². The van der Waals surface area contributed by atoms with Crippen LogP contribution in [0.25, 0.3) is 11.1 Å². The number of hydrogen-bond donors (Lipinski definition) is 1. The third-order valence-corrected chi connectivity index (χ3v) is 4.10. The van der Waals surface area contributed by atoms with Gasteiger partial charge in [-0.15, -0.1) is 0 Å². The molecule has 27 heavy (non-hydrogen) atoms. The molecule has 3 rings (SSSR count). The first kappa shape index (κ1) is 18.5. The lowest BCUT2D eigenvalue weighted by Crippen LogP contribution is -2.00. The van der Waals surface area contributed by atoms with E-state index in [1.54, 1.807) is 30.3 Å². The van der Waals surface area contributed by atoms with Crippen LogP contribution in [0.5, 0.6) is 17.2 Å². The molecule has 0 spiro atoms. The summed E-state index contributed by atoms with van der Waals surface area (Å²) in [5.41, 5.74) is 3.23. The number of carboxylic acids is 1. The molecule has 3 aromatic rings. The highest BCUT2D eigenvalue weighted by Gasteiger charge is 2.09. The fourth-order valence-corrected chi connectivity index (χ4v) is 2.90. The molecule has 0 aliphatic carbocycles. The normalized spacial score (nSPS) is 10.5. The van der Waals surface area contributed by atoms with Gasteiger partial charge < -0.3 is 14.6 Å². The van der Waals surface area contributed by atoms with E-state index in [-0.39, 0.29) is 12.2 Å². The number of halogens is 1. The highest BCUT2D eigenvalue weighted by molar-refractivity contribution is 5.71. The Hall–Kier alpha value is -3.34. The topological polar surface area (TPSA) is 55.8 Å². The van der Waals surface area contributed by atoms with Crippen LogP contribution in [0.15, 0.2) is 60.7 Å². The van der Waals surface area contributed by atoms with Crippen molar-refractivity contribution in [3.05, 3.63) is 77.6 Å². The summed E-state index contributed by atoms with van der Waals surface area (Å²) in [4.78, 5) is 11.0. The maximum atomic E-state index is 13.4. The summed E-state index contributed by atoms with van der Waals surface area (Å²) >= 11 is 0. The van der Waals surface area contributed by atoms with Crippen LogP contribution in [-0.2, 0) is 11.2 Å². The van der Waals surface area contributed by atoms with Gasteiger partial charge >= 0.3 is 5.97 Å². The van der Waals surface area contributed by atoms with Crippen LogP contribution in [0.2, 0.25) is 0 Å². The molecule has 0 heterocycles. The molecule has 0 aromatic heterocycles. The van der Waals surface area contributed by atoms with Crippen molar-refractivity contribution in [1.29, 1.82) is 0 Å². The number of aryl methyl sites for hydroxylation is 1.